The molecule has 2 aromatic carbocycles. The number of amides is 2. The number of hydrogen-bond acceptors (Lipinski definition) is 4. The van der Waals surface area contributed by atoms with Crippen LogP contribution < -0.4 is 10.2 Å². The van der Waals surface area contributed by atoms with Gasteiger partial charge >= 0.3 is 0 Å². The topological polar surface area (TPSA) is 75.4 Å². The van der Waals surface area contributed by atoms with Gasteiger partial charge in [0.05, 0.1) is 17.3 Å². The maximum absolute atomic E-state index is 14.3. The number of halogens is 1. The second-order valence-electron chi connectivity index (χ2n) is 7.59. The molecule has 1 fully saturated rings. The van der Waals surface area contributed by atoms with E-state index in [1.807, 2.05) is 19.9 Å². The van der Waals surface area contributed by atoms with Crippen LogP contribution in [0.4, 0.5) is 15.8 Å². The molecule has 0 bridgehead atoms. The second kappa shape index (κ2) is 7.74. The first-order chi connectivity index (χ1) is 14.3. The van der Waals surface area contributed by atoms with Crippen LogP contribution in [0, 0.1) is 32.5 Å². The van der Waals surface area contributed by atoms with Gasteiger partial charge in [0.1, 0.15) is 11.6 Å². The molecular formula is C23H22FN3O3. The first kappa shape index (κ1) is 19.8. The summed E-state index contributed by atoms with van der Waals surface area (Å²) in [6.45, 7) is 5.64. The Bertz CT molecular complexity index is 1120. The van der Waals surface area contributed by atoms with Crippen molar-refractivity contribution in [2.45, 2.75) is 27.2 Å². The minimum Gasteiger partial charge on any atom is -0.441 e. The molecule has 1 aliphatic heterocycles. The number of aryl methyl sites for hydroxylation is 3. The fourth-order valence-electron chi connectivity index (χ4n) is 3.52. The van der Waals surface area contributed by atoms with Gasteiger partial charge in [-0.3, -0.25) is 9.59 Å². The smallest absolute Gasteiger partial charge is 0.229 e. The third-order valence-corrected chi connectivity index (χ3v) is 5.30. The van der Waals surface area contributed by atoms with Gasteiger partial charge in [-0.1, -0.05) is 12.1 Å². The number of anilines is 2. The normalized spacial score (nSPS) is 16.2. The molecule has 1 aromatic heterocycles. The van der Waals surface area contributed by atoms with Gasteiger partial charge in [-0.2, -0.15) is 0 Å². The Morgan fingerprint density at radius 1 is 1.20 bits per heavy atom. The number of rotatable bonds is 4. The van der Waals surface area contributed by atoms with Crippen LogP contribution >= 0.6 is 0 Å². The molecule has 1 N–H and O–H groups in total. The Morgan fingerprint density at radius 2 is 2.00 bits per heavy atom. The maximum Gasteiger partial charge on any atom is 0.229 e. The molecule has 2 heterocycles. The Morgan fingerprint density at radius 3 is 2.70 bits per heavy atom. The molecule has 0 spiro atoms. The van der Waals surface area contributed by atoms with Crippen molar-refractivity contribution in [3.05, 3.63) is 65.3 Å². The highest BCUT2D eigenvalue weighted by Crippen LogP contribution is 2.29. The highest BCUT2D eigenvalue weighted by Gasteiger charge is 2.36. The summed E-state index contributed by atoms with van der Waals surface area (Å²) in [4.78, 5) is 30.9. The van der Waals surface area contributed by atoms with E-state index in [9.17, 15) is 14.0 Å². The number of hydrogen-bond donors (Lipinski definition) is 1. The minimum atomic E-state index is -0.562. The first-order valence-electron chi connectivity index (χ1n) is 9.73. The first-order valence-corrected chi connectivity index (χ1v) is 9.73. The number of aromatic nitrogens is 1. The van der Waals surface area contributed by atoms with Crippen LogP contribution in [-0.2, 0) is 9.59 Å². The maximum atomic E-state index is 14.3. The predicted molar refractivity (Wildman–Crippen MR) is 112 cm³/mol. The van der Waals surface area contributed by atoms with E-state index in [4.69, 9.17) is 4.42 Å². The van der Waals surface area contributed by atoms with Crippen molar-refractivity contribution in [1.29, 1.82) is 0 Å². The number of nitrogens with zero attached hydrogens (tertiary/aromatic N) is 2. The largest absolute Gasteiger partial charge is 0.441 e. The van der Waals surface area contributed by atoms with E-state index in [-0.39, 0.29) is 30.5 Å². The fraction of sp³-hybridized carbons (Fsp3) is 0.261. The van der Waals surface area contributed by atoms with Crippen LogP contribution in [0.1, 0.15) is 23.4 Å². The molecule has 6 nitrogen and oxygen atoms in total. The van der Waals surface area contributed by atoms with E-state index in [1.165, 1.54) is 11.0 Å². The molecule has 1 saturated heterocycles. The number of carbonyl (C=O) groups excluding carboxylic acids is 2. The summed E-state index contributed by atoms with van der Waals surface area (Å²) in [5.41, 5.74) is 3.12. The van der Waals surface area contributed by atoms with Gasteiger partial charge in [-0.25, -0.2) is 9.37 Å². The van der Waals surface area contributed by atoms with E-state index in [1.54, 1.807) is 37.3 Å². The Labute approximate surface area is 173 Å². The number of benzene rings is 2. The Balaban J connectivity index is 1.48. The summed E-state index contributed by atoms with van der Waals surface area (Å²) < 4.78 is 19.9. The fourth-order valence-corrected chi connectivity index (χ4v) is 3.52. The van der Waals surface area contributed by atoms with Gasteiger partial charge in [-0.15, -0.1) is 0 Å². The average Bonchev–Trinajstić information content (AvgIpc) is 3.25. The van der Waals surface area contributed by atoms with Crippen LogP contribution in [0.25, 0.3) is 11.5 Å². The lowest BCUT2D eigenvalue weighted by molar-refractivity contribution is -0.122. The monoisotopic (exact) mass is 407 g/mol. The number of nitrogens with one attached hydrogen (secondary N) is 1. The molecule has 154 valence electrons. The van der Waals surface area contributed by atoms with Crippen molar-refractivity contribution in [1.82, 2.24) is 4.98 Å². The van der Waals surface area contributed by atoms with Gasteiger partial charge in [-0.05, 0) is 56.7 Å². The summed E-state index contributed by atoms with van der Waals surface area (Å²) in [6, 6.07) is 11.9. The van der Waals surface area contributed by atoms with E-state index in [0.717, 1.165) is 22.6 Å². The van der Waals surface area contributed by atoms with Gasteiger partial charge in [0.15, 0.2) is 0 Å². The number of carbonyl (C=O) groups is 2. The standard InChI is InChI=1S/C23H22FN3O3/c1-13-7-8-20(19(24)9-13)27-12-17(11-21(27)28)22(29)26-18-6-4-5-16(10-18)23-25-14(2)15(3)30-23/h4-10,17H,11-12H2,1-3H3,(H,26,29). The molecule has 30 heavy (non-hydrogen) atoms. The highest BCUT2D eigenvalue weighted by molar-refractivity contribution is 6.03. The van der Waals surface area contributed by atoms with Gasteiger partial charge in [0, 0.05) is 24.2 Å². The van der Waals surface area contributed by atoms with Gasteiger partial charge in [0.2, 0.25) is 17.7 Å². The van der Waals surface area contributed by atoms with E-state index < -0.39 is 11.7 Å². The third-order valence-electron chi connectivity index (χ3n) is 5.30. The highest BCUT2D eigenvalue weighted by atomic mass is 19.1. The lowest BCUT2D eigenvalue weighted by atomic mass is 10.1. The molecule has 3 aromatic rings. The summed E-state index contributed by atoms with van der Waals surface area (Å²) in [5.74, 6) is -0.347. The van der Waals surface area contributed by atoms with Crippen LogP contribution in [-0.4, -0.2) is 23.3 Å². The van der Waals surface area contributed by atoms with Crippen LogP contribution in [0.3, 0.4) is 0 Å². The van der Waals surface area contributed by atoms with Crippen LogP contribution in [0.2, 0.25) is 0 Å². The molecule has 7 heteroatoms. The van der Waals surface area contributed by atoms with Gasteiger partial charge < -0.3 is 14.6 Å². The molecule has 2 amide bonds. The van der Waals surface area contributed by atoms with Crippen molar-refractivity contribution >= 4 is 23.2 Å². The molecule has 1 atom stereocenters. The van der Waals surface area contributed by atoms with Crippen molar-refractivity contribution in [3.8, 4) is 11.5 Å². The summed E-state index contributed by atoms with van der Waals surface area (Å²) in [5, 5.41) is 2.85. The molecule has 4 rings (SSSR count). The SMILES string of the molecule is Cc1ccc(N2CC(C(=O)Nc3cccc(-c4nc(C)c(C)o4)c3)CC2=O)c(F)c1. The zero-order chi connectivity index (χ0) is 21.4. The van der Waals surface area contributed by atoms with Crippen molar-refractivity contribution in [2.24, 2.45) is 5.92 Å². The molecule has 0 aliphatic carbocycles. The Hall–Kier alpha value is -3.48. The molecule has 0 saturated carbocycles. The van der Waals surface area contributed by atoms with Gasteiger partial charge in [0.25, 0.3) is 0 Å². The van der Waals surface area contributed by atoms with Crippen LogP contribution in [0.15, 0.2) is 46.9 Å². The molecule has 1 unspecified atom stereocenters. The second-order valence-corrected chi connectivity index (χ2v) is 7.59. The van der Waals surface area contributed by atoms with E-state index in [2.05, 4.69) is 10.3 Å². The summed E-state index contributed by atoms with van der Waals surface area (Å²) >= 11 is 0. The van der Waals surface area contributed by atoms with Crippen LogP contribution in [0.5, 0.6) is 0 Å². The predicted octanol–water partition coefficient (Wildman–Crippen LogP) is 4.40. The zero-order valence-corrected chi connectivity index (χ0v) is 17.0. The van der Waals surface area contributed by atoms with Crippen molar-refractivity contribution in [3.63, 3.8) is 0 Å². The van der Waals surface area contributed by atoms with E-state index >= 15 is 0 Å². The average molecular weight is 407 g/mol. The molecule has 0 radical (unpaired) electrons. The minimum absolute atomic E-state index is 0.0387. The third kappa shape index (κ3) is 3.83. The van der Waals surface area contributed by atoms with E-state index in [0.29, 0.717) is 11.6 Å². The summed E-state index contributed by atoms with van der Waals surface area (Å²) in [6.07, 6.45) is 0.0387. The summed E-state index contributed by atoms with van der Waals surface area (Å²) in [7, 11) is 0. The zero-order valence-electron chi connectivity index (χ0n) is 17.0. The molecular weight excluding hydrogens is 385 g/mol. The lowest BCUT2D eigenvalue weighted by Crippen LogP contribution is -2.28. The quantitative estimate of drug-likeness (QED) is 0.696. The lowest BCUT2D eigenvalue weighted by Gasteiger charge is -2.18. The Kier molecular flexibility index (Phi) is 5.11. The van der Waals surface area contributed by atoms with Crippen molar-refractivity contribution in [2.75, 3.05) is 16.8 Å². The molecule has 1 aliphatic rings. The number of oxazole rings is 1. The van der Waals surface area contributed by atoms with Crippen molar-refractivity contribution < 1.29 is 18.4 Å².